The predicted molar refractivity (Wildman–Crippen MR) is 153 cm³/mol. The highest BCUT2D eigenvalue weighted by Gasteiger charge is 2.39. The summed E-state index contributed by atoms with van der Waals surface area (Å²) in [7, 11) is -2.82. The first kappa shape index (κ1) is 29.8. The maximum Gasteiger partial charge on any atom is 0.264 e. The number of anilines is 1. The number of rotatable bonds is 1. The summed E-state index contributed by atoms with van der Waals surface area (Å²) in [5.74, 6) is -3.83. The van der Waals surface area contributed by atoms with Crippen LogP contribution in [0.25, 0.3) is 0 Å². The van der Waals surface area contributed by atoms with Gasteiger partial charge in [-0.05, 0) is 85.4 Å². The Morgan fingerprint density at radius 1 is 1.12 bits per heavy atom. The van der Waals surface area contributed by atoms with Crippen LogP contribution >= 0.6 is 11.6 Å². The summed E-state index contributed by atoms with van der Waals surface area (Å²) in [5, 5.41) is 0.664. The molecule has 1 saturated carbocycles. The average Bonchev–Trinajstić information content (AvgIpc) is 2.92. The third-order valence-corrected chi connectivity index (χ3v) is 9.90. The van der Waals surface area contributed by atoms with E-state index in [1.54, 1.807) is 19.3 Å². The average molecular weight is 609 g/mol. The zero-order chi connectivity index (χ0) is 29.2. The smallest absolute Gasteiger partial charge is 0.264 e. The van der Waals surface area contributed by atoms with Gasteiger partial charge >= 0.3 is 0 Å². The monoisotopic (exact) mass is 608 g/mol. The predicted octanol–water partition coefficient (Wildman–Crippen LogP) is 5.89. The van der Waals surface area contributed by atoms with Crippen LogP contribution in [0.2, 0.25) is 5.02 Å². The van der Waals surface area contributed by atoms with Gasteiger partial charge in [0.2, 0.25) is 5.91 Å². The van der Waals surface area contributed by atoms with E-state index >= 15 is 0 Å². The number of alkyl halides is 2. The number of nitrogens with one attached hydrogen (secondary N) is 1. The van der Waals surface area contributed by atoms with Gasteiger partial charge in [0.1, 0.15) is 12.4 Å². The number of amides is 1. The van der Waals surface area contributed by atoms with Crippen LogP contribution in [-0.2, 0) is 32.6 Å². The third-order valence-electron chi connectivity index (χ3n) is 8.29. The second-order valence-corrected chi connectivity index (χ2v) is 13.2. The van der Waals surface area contributed by atoms with Crippen LogP contribution in [0.1, 0.15) is 49.7 Å². The highest BCUT2D eigenvalue weighted by atomic mass is 35.5. The molecular weight excluding hydrogens is 574 g/mol. The van der Waals surface area contributed by atoms with Crippen molar-refractivity contribution in [2.45, 2.75) is 68.5 Å². The number of nitrogens with zero attached hydrogens (tertiary/aromatic N) is 1. The number of hydrogen-bond acceptors (Lipinski definition) is 6. The summed E-state index contributed by atoms with van der Waals surface area (Å²) in [6.45, 7) is 1.55. The van der Waals surface area contributed by atoms with Crippen LogP contribution < -0.4 is 14.4 Å². The second-order valence-electron chi connectivity index (χ2n) is 11.1. The number of methoxy groups -OCH3 is 1. The molecule has 5 rings (SSSR count). The quantitative estimate of drug-likeness (QED) is 0.406. The Morgan fingerprint density at radius 3 is 2.71 bits per heavy atom. The minimum atomic E-state index is -4.40. The number of carbonyl (C=O) groups is 1. The molecule has 2 bridgehead atoms. The van der Waals surface area contributed by atoms with E-state index in [4.69, 9.17) is 21.1 Å². The molecule has 1 aliphatic carbocycles. The van der Waals surface area contributed by atoms with Gasteiger partial charge in [0.15, 0.2) is 0 Å². The third kappa shape index (κ3) is 7.04. The number of benzene rings is 2. The minimum absolute atomic E-state index is 0.127. The van der Waals surface area contributed by atoms with Crippen LogP contribution in [0.4, 0.5) is 14.5 Å². The van der Waals surface area contributed by atoms with Crippen molar-refractivity contribution in [1.29, 1.82) is 0 Å². The second kappa shape index (κ2) is 12.3. The van der Waals surface area contributed by atoms with E-state index in [2.05, 4.69) is 4.90 Å². The number of sulfonamides is 1. The first-order valence-corrected chi connectivity index (χ1v) is 15.8. The van der Waals surface area contributed by atoms with Gasteiger partial charge in [-0.1, -0.05) is 29.8 Å². The highest BCUT2D eigenvalue weighted by molar-refractivity contribution is 7.90. The van der Waals surface area contributed by atoms with Crippen molar-refractivity contribution in [2.75, 3.05) is 25.1 Å². The molecule has 2 aromatic carbocycles. The van der Waals surface area contributed by atoms with E-state index in [1.807, 2.05) is 22.9 Å². The van der Waals surface area contributed by atoms with Gasteiger partial charge in [-0.15, -0.1) is 0 Å². The van der Waals surface area contributed by atoms with Crippen molar-refractivity contribution in [3.8, 4) is 5.75 Å². The zero-order valence-corrected chi connectivity index (χ0v) is 24.5. The summed E-state index contributed by atoms with van der Waals surface area (Å²) in [5.41, 5.74) is 2.71. The van der Waals surface area contributed by atoms with Gasteiger partial charge in [0.25, 0.3) is 15.9 Å². The Kier molecular flexibility index (Phi) is 8.92. The Bertz CT molecular complexity index is 1420. The number of allylic oxidation sites excluding steroid dienone is 1. The molecule has 3 aliphatic rings. The van der Waals surface area contributed by atoms with Crippen molar-refractivity contribution in [2.24, 2.45) is 11.8 Å². The molecule has 2 heterocycles. The molecule has 2 aromatic rings. The molecule has 1 amide bonds. The molecular formula is C30H35ClF2N2O5S. The number of halogens is 3. The van der Waals surface area contributed by atoms with E-state index in [9.17, 15) is 22.0 Å². The van der Waals surface area contributed by atoms with Crippen molar-refractivity contribution in [3.05, 3.63) is 64.7 Å². The Morgan fingerprint density at radius 2 is 1.95 bits per heavy atom. The standard InChI is InChI=1S/C30H35ClF2N2O5S/c1-39-27-6-4-13-30(32,33)17-29(36)34-41(37,38)24-10-12-28-26(16-24)35(18-21-8-11-25(21)27)14-3-2-5-20-15-23(31)9-7-22(20)19-40-28/h4,6-7,9-10,12,15-16,21,25,27H,2-3,5,8,11,13-14,17-19H2,1H3,(H,34,36)/b6-4+/t21-,25+,27-/m0/s1. The Balaban J connectivity index is 1.55. The topological polar surface area (TPSA) is 84.9 Å². The lowest BCUT2D eigenvalue weighted by atomic mass is 9.70. The van der Waals surface area contributed by atoms with Crippen LogP contribution in [-0.4, -0.2) is 46.6 Å². The first-order chi connectivity index (χ1) is 19.5. The first-order valence-electron chi connectivity index (χ1n) is 14.0. The number of carbonyl (C=O) groups excluding carboxylic acids is 1. The molecule has 0 spiro atoms. The molecule has 2 aliphatic heterocycles. The fourth-order valence-corrected chi connectivity index (χ4v) is 7.14. The SMILES string of the molecule is CO[C@H]1/C=C/CC(F)(F)CC(=O)NS(=O)(=O)c2ccc3c(c2)N(CCCCc2cc(Cl)ccc2CO3)C[C@@H]2CC[C@H]21. The molecule has 0 radical (unpaired) electrons. The minimum Gasteiger partial charge on any atom is -0.487 e. The largest absolute Gasteiger partial charge is 0.487 e. The van der Waals surface area contributed by atoms with Crippen LogP contribution in [0, 0.1) is 11.8 Å². The molecule has 1 fully saturated rings. The summed E-state index contributed by atoms with van der Waals surface area (Å²) in [4.78, 5) is 14.4. The fraction of sp³-hybridized carbons (Fsp3) is 0.500. The van der Waals surface area contributed by atoms with Crippen LogP contribution in [0.15, 0.2) is 53.4 Å². The lowest BCUT2D eigenvalue weighted by molar-refractivity contribution is -0.126. The van der Waals surface area contributed by atoms with E-state index < -0.39 is 34.7 Å². The summed E-state index contributed by atoms with van der Waals surface area (Å²) >= 11 is 6.27. The lowest BCUT2D eigenvalue weighted by Crippen LogP contribution is -2.44. The van der Waals surface area contributed by atoms with Gasteiger partial charge in [-0.3, -0.25) is 4.79 Å². The van der Waals surface area contributed by atoms with Crippen molar-refractivity contribution in [3.63, 3.8) is 0 Å². The van der Waals surface area contributed by atoms with E-state index in [-0.39, 0.29) is 29.4 Å². The number of fused-ring (bicyclic) bond motifs is 3. The molecule has 11 heteroatoms. The summed E-state index contributed by atoms with van der Waals surface area (Å²) < 4.78 is 69.2. The van der Waals surface area contributed by atoms with Crippen molar-refractivity contribution < 1.29 is 31.5 Å². The van der Waals surface area contributed by atoms with Crippen LogP contribution in [0.5, 0.6) is 5.75 Å². The van der Waals surface area contributed by atoms with Crippen molar-refractivity contribution >= 4 is 33.2 Å². The van der Waals surface area contributed by atoms with Gasteiger partial charge in [-0.25, -0.2) is 21.9 Å². The number of aryl methyl sites for hydroxylation is 1. The molecule has 222 valence electrons. The zero-order valence-electron chi connectivity index (χ0n) is 23.0. The number of ether oxygens (including phenoxy) is 2. The van der Waals surface area contributed by atoms with Crippen LogP contribution in [0.3, 0.4) is 0 Å². The fourth-order valence-electron chi connectivity index (χ4n) is 5.94. The molecule has 3 atom stereocenters. The maximum atomic E-state index is 14.6. The molecule has 1 N–H and O–H groups in total. The van der Waals surface area contributed by atoms with Gasteiger partial charge < -0.3 is 14.4 Å². The number of hydrogen-bond donors (Lipinski definition) is 1. The van der Waals surface area contributed by atoms with E-state index in [1.165, 1.54) is 18.2 Å². The molecule has 7 nitrogen and oxygen atoms in total. The van der Waals surface area contributed by atoms with Gasteiger partial charge in [0.05, 0.1) is 23.1 Å². The Hall–Kier alpha value is -2.69. The normalized spacial score (nSPS) is 27.1. The highest BCUT2D eigenvalue weighted by Crippen LogP contribution is 2.42. The molecule has 41 heavy (non-hydrogen) atoms. The van der Waals surface area contributed by atoms with Gasteiger partial charge in [-0.2, -0.15) is 0 Å². The Labute approximate surface area is 244 Å². The maximum absolute atomic E-state index is 14.6. The van der Waals surface area contributed by atoms with E-state index in [0.29, 0.717) is 29.5 Å². The lowest BCUT2D eigenvalue weighted by Gasteiger charge is -2.43. The molecule has 0 saturated heterocycles. The van der Waals surface area contributed by atoms with Gasteiger partial charge in [0, 0.05) is 31.6 Å². The summed E-state index contributed by atoms with van der Waals surface area (Å²) in [6, 6.07) is 10.1. The van der Waals surface area contributed by atoms with E-state index in [0.717, 1.165) is 43.2 Å². The molecule has 0 aromatic heterocycles. The van der Waals surface area contributed by atoms with Crippen molar-refractivity contribution in [1.82, 2.24) is 4.72 Å². The summed E-state index contributed by atoms with van der Waals surface area (Å²) in [6.07, 6.45) is 5.14. The molecule has 0 unspecified atom stereocenters.